The van der Waals surface area contributed by atoms with E-state index < -0.39 is 0 Å². The molecular weight excluding hydrogens is 342 g/mol. The van der Waals surface area contributed by atoms with Crippen LogP contribution in [0.2, 0.25) is 0 Å². The fraction of sp³-hybridized carbons (Fsp3) is 0.421. The van der Waals surface area contributed by atoms with Crippen LogP contribution in [0, 0.1) is 0 Å². The lowest BCUT2D eigenvalue weighted by atomic mass is 9.98. The summed E-state index contributed by atoms with van der Waals surface area (Å²) in [6.07, 6.45) is 6.10. The van der Waals surface area contributed by atoms with Gasteiger partial charge in [0, 0.05) is 25.0 Å². The standard InChI is InChI=1S/C19H23N7O/c1-12(2)22-16-13-7-8-14(23-17(13)25-24-16)15-6-3-4-11-26(15)19(27)18-20-9-5-10-21-18/h5,7-10,12,15H,3-4,6,11H2,1-2H3,(H2,22,23,24,25)/t15-/m0/s1. The second-order valence-electron chi connectivity index (χ2n) is 7.09. The minimum atomic E-state index is -0.144. The number of H-pyrrole nitrogens is 1. The van der Waals surface area contributed by atoms with E-state index in [-0.39, 0.29) is 23.8 Å². The first-order valence-electron chi connectivity index (χ1n) is 9.33. The second kappa shape index (κ2) is 7.30. The van der Waals surface area contributed by atoms with Gasteiger partial charge in [0.05, 0.1) is 17.1 Å². The van der Waals surface area contributed by atoms with E-state index in [1.54, 1.807) is 18.5 Å². The molecule has 8 nitrogen and oxygen atoms in total. The zero-order valence-electron chi connectivity index (χ0n) is 15.5. The lowest BCUT2D eigenvalue weighted by Gasteiger charge is -2.34. The van der Waals surface area contributed by atoms with Crippen molar-refractivity contribution in [3.05, 3.63) is 42.1 Å². The van der Waals surface area contributed by atoms with Gasteiger partial charge in [0.2, 0.25) is 5.82 Å². The summed E-state index contributed by atoms with van der Waals surface area (Å²) in [6.45, 7) is 4.82. The van der Waals surface area contributed by atoms with Crippen LogP contribution in [-0.4, -0.2) is 48.5 Å². The van der Waals surface area contributed by atoms with E-state index in [0.29, 0.717) is 6.54 Å². The first-order chi connectivity index (χ1) is 13.1. The number of carbonyl (C=O) groups is 1. The van der Waals surface area contributed by atoms with Gasteiger partial charge in [-0.25, -0.2) is 15.0 Å². The summed E-state index contributed by atoms with van der Waals surface area (Å²) in [7, 11) is 0. The Morgan fingerprint density at radius 1 is 1.26 bits per heavy atom. The Morgan fingerprint density at radius 3 is 2.85 bits per heavy atom. The molecule has 8 heteroatoms. The Labute approximate surface area is 157 Å². The number of likely N-dealkylation sites (tertiary alicyclic amines) is 1. The summed E-state index contributed by atoms with van der Waals surface area (Å²) in [6, 6.07) is 5.92. The van der Waals surface area contributed by atoms with Crippen molar-refractivity contribution in [3.63, 3.8) is 0 Å². The highest BCUT2D eigenvalue weighted by atomic mass is 16.2. The van der Waals surface area contributed by atoms with Crippen molar-refractivity contribution in [2.45, 2.75) is 45.2 Å². The number of fused-ring (bicyclic) bond motifs is 1. The molecule has 1 atom stereocenters. The van der Waals surface area contributed by atoms with Crippen molar-refractivity contribution in [2.75, 3.05) is 11.9 Å². The van der Waals surface area contributed by atoms with Crippen molar-refractivity contribution in [1.82, 2.24) is 30.0 Å². The zero-order chi connectivity index (χ0) is 18.8. The van der Waals surface area contributed by atoms with Gasteiger partial charge in [0.25, 0.3) is 5.91 Å². The Balaban J connectivity index is 1.64. The van der Waals surface area contributed by atoms with Crippen molar-refractivity contribution in [3.8, 4) is 0 Å². The van der Waals surface area contributed by atoms with E-state index >= 15 is 0 Å². The number of nitrogens with one attached hydrogen (secondary N) is 2. The molecule has 4 rings (SSSR count). The van der Waals surface area contributed by atoms with Crippen LogP contribution in [-0.2, 0) is 0 Å². The van der Waals surface area contributed by atoms with E-state index in [1.807, 2.05) is 17.0 Å². The van der Waals surface area contributed by atoms with Gasteiger partial charge in [-0.05, 0) is 51.3 Å². The number of nitrogens with zero attached hydrogens (tertiary/aromatic N) is 5. The maximum absolute atomic E-state index is 12.9. The fourth-order valence-corrected chi connectivity index (χ4v) is 3.51. The molecule has 2 N–H and O–H groups in total. The molecule has 4 heterocycles. The van der Waals surface area contributed by atoms with Crippen molar-refractivity contribution in [2.24, 2.45) is 0 Å². The number of rotatable bonds is 4. The number of aromatic nitrogens is 5. The summed E-state index contributed by atoms with van der Waals surface area (Å²) >= 11 is 0. The number of pyridine rings is 1. The second-order valence-corrected chi connectivity index (χ2v) is 7.09. The fourth-order valence-electron chi connectivity index (χ4n) is 3.51. The summed E-state index contributed by atoms with van der Waals surface area (Å²) in [5.41, 5.74) is 1.59. The SMILES string of the molecule is CC(C)Nc1n[nH]c2nc([C@@H]3CCCCN3C(=O)c3ncccn3)ccc12. The molecule has 3 aromatic rings. The number of hydrogen-bond acceptors (Lipinski definition) is 6. The van der Waals surface area contributed by atoms with Gasteiger partial charge in [0.15, 0.2) is 11.5 Å². The highest BCUT2D eigenvalue weighted by molar-refractivity contribution is 5.91. The molecule has 1 aliphatic rings. The third-order valence-electron chi connectivity index (χ3n) is 4.73. The number of anilines is 1. The normalized spacial score (nSPS) is 17.4. The average Bonchev–Trinajstić information content (AvgIpc) is 3.09. The van der Waals surface area contributed by atoms with Crippen LogP contribution in [0.1, 0.15) is 55.5 Å². The largest absolute Gasteiger partial charge is 0.366 e. The van der Waals surface area contributed by atoms with Gasteiger partial charge in [-0.1, -0.05) is 0 Å². The zero-order valence-corrected chi connectivity index (χ0v) is 15.5. The molecule has 27 heavy (non-hydrogen) atoms. The van der Waals surface area contributed by atoms with Crippen LogP contribution >= 0.6 is 0 Å². The molecule has 0 bridgehead atoms. The maximum Gasteiger partial charge on any atom is 0.292 e. The van der Waals surface area contributed by atoms with Gasteiger partial charge in [-0.3, -0.25) is 9.89 Å². The quantitative estimate of drug-likeness (QED) is 0.737. The van der Waals surface area contributed by atoms with Crippen LogP contribution in [0.25, 0.3) is 11.0 Å². The van der Waals surface area contributed by atoms with Crippen LogP contribution in [0.4, 0.5) is 5.82 Å². The molecule has 1 fully saturated rings. The number of hydrogen-bond donors (Lipinski definition) is 2. The molecule has 0 aromatic carbocycles. The lowest BCUT2D eigenvalue weighted by molar-refractivity contribution is 0.0593. The summed E-state index contributed by atoms with van der Waals surface area (Å²) in [4.78, 5) is 27.8. The highest BCUT2D eigenvalue weighted by Gasteiger charge is 2.31. The number of aromatic amines is 1. The summed E-state index contributed by atoms with van der Waals surface area (Å²) < 4.78 is 0. The summed E-state index contributed by atoms with van der Waals surface area (Å²) in [5, 5.41) is 11.6. The minimum Gasteiger partial charge on any atom is -0.366 e. The van der Waals surface area contributed by atoms with E-state index in [0.717, 1.165) is 41.8 Å². The minimum absolute atomic E-state index is 0.0794. The number of piperidine rings is 1. The molecule has 0 saturated carbocycles. The topological polar surface area (TPSA) is 99.7 Å². The molecular formula is C19H23N7O. The molecule has 0 unspecified atom stereocenters. The van der Waals surface area contributed by atoms with Crippen LogP contribution < -0.4 is 5.32 Å². The molecule has 1 aliphatic heterocycles. The van der Waals surface area contributed by atoms with Crippen LogP contribution in [0.3, 0.4) is 0 Å². The lowest BCUT2D eigenvalue weighted by Crippen LogP contribution is -2.39. The smallest absolute Gasteiger partial charge is 0.292 e. The summed E-state index contributed by atoms with van der Waals surface area (Å²) in [5.74, 6) is 0.887. The predicted octanol–water partition coefficient (Wildman–Crippen LogP) is 2.94. The number of amides is 1. The molecule has 140 valence electrons. The average molecular weight is 365 g/mol. The number of carbonyl (C=O) groups excluding carboxylic acids is 1. The van der Waals surface area contributed by atoms with Gasteiger partial charge in [-0.15, -0.1) is 0 Å². The van der Waals surface area contributed by atoms with E-state index in [9.17, 15) is 4.79 Å². The first-order valence-corrected chi connectivity index (χ1v) is 9.33. The molecule has 1 saturated heterocycles. The Kier molecular flexibility index (Phi) is 4.70. The van der Waals surface area contributed by atoms with Crippen LogP contribution in [0.15, 0.2) is 30.6 Å². The Morgan fingerprint density at radius 2 is 2.07 bits per heavy atom. The molecule has 0 spiro atoms. The monoisotopic (exact) mass is 365 g/mol. The highest BCUT2D eigenvalue weighted by Crippen LogP contribution is 2.32. The van der Waals surface area contributed by atoms with E-state index in [4.69, 9.17) is 4.98 Å². The molecule has 1 amide bonds. The van der Waals surface area contributed by atoms with Crippen LogP contribution in [0.5, 0.6) is 0 Å². The molecule has 0 aliphatic carbocycles. The van der Waals surface area contributed by atoms with Gasteiger partial charge in [-0.2, -0.15) is 5.10 Å². The van der Waals surface area contributed by atoms with E-state index in [2.05, 4.69) is 39.3 Å². The Bertz CT molecular complexity index is 938. The van der Waals surface area contributed by atoms with E-state index in [1.165, 1.54) is 0 Å². The maximum atomic E-state index is 12.9. The molecule has 3 aromatic heterocycles. The van der Waals surface area contributed by atoms with Gasteiger partial charge < -0.3 is 10.2 Å². The van der Waals surface area contributed by atoms with Gasteiger partial charge >= 0.3 is 0 Å². The first kappa shape index (κ1) is 17.4. The van der Waals surface area contributed by atoms with Crippen molar-refractivity contribution >= 4 is 22.8 Å². The molecule has 0 radical (unpaired) electrons. The van der Waals surface area contributed by atoms with Crippen molar-refractivity contribution in [1.29, 1.82) is 0 Å². The predicted molar refractivity (Wildman–Crippen MR) is 102 cm³/mol. The van der Waals surface area contributed by atoms with Crippen molar-refractivity contribution < 1.29 is 4.79 Å². The van der Waals surface area contributed by atoms with Gasteiger partial charge in [0.1, 0.15) is 0 Å². The Hall–Kier alpha value is -3.03. The third-order valence-corrected chi connectivity index (χ3v) is 4.73. The third kappa shape index (κ3) is 3.47.